The first kappa shape index (κ1) is 14.9. The summed E-state index contributed by atoms with van der Waals surface area (Å²) in [6.45, 7) is 0.484. The Labute approximate surface area is 112 Å². The Bertz CT molecular complexity index is 410. The van der Waals surface area contributed by atoms with Gasteiger partial charge in [0.15, 0.2) is 0 Å². The summed E-state index contributed by atoms with van der Waals surface area (Å²) in [4.78, 5) is 11.6. The van der Waals surface area contributed by atoms with Crippen LogP contribution in [-0.4, -0.2) is 18.5 Å². The van der Waals surface area contributed by atoms with Crippen LogP contribution in [0.15, 0.2) is 24.3 Å². The van der Waals surface area contributed by atoms with Crippen molar-refractivity contribution in [1.29, 1.82) is 0 Å². The van der Waals surface area contributed by atoms with Crippen LogP contribution < -0.4 is 11.1 Å². The van der Waals surface area contributed by atoms with Crippen LogP contribution in [0, 0.1) is 11.7 Å². The molecule has 1 fully saturated rings. The Morgan fingerprint density at radius 3 is 2.72 bits per heavy atom. The maximum absolute atomic E-state index is 13.3. The molecule has 18 heavy (non-hydrogen) atoms. The topological polar surface area (TPSA) is 55.1 Å². The number of nitrogens with two attached hydrogens (primary N) is 1. The van der Waals surface area contributed by atoms with E-state index in [0.29, 0.717) is 18.0 Å². The molecule has 1 aliphatic carbocycles. The van der Waals surface area contributed by atoms with E-state index in [9.17, 15) is 9.18 Å². The van der Waals surface area contributed by atoms with Crippen LogP contribution in [0.25, 0.3) is 0 Å². The van der Waals surface area contributed by atoms with E-state index in [-0.39, 0.29) is 36.6 Å². The maximum Gasteiger partial charge on any atom is 0.224 e. The molecule has 1 unspecified atom stereocenters. The van der Waals surface area contributed by atoms with Crippen molar-refractivity contribution >= 4 is 18.3 Å². The lowest BCUT2D eigenvalue weighted by Crippen LogP contribution is -2.39. The fourth-order valence-corrected chi connectivity index (χ4v) is 1.80. The van der Waals surface area contributed by atoms with E-state index in [1.165, 1.54) is 6.07 Å². The normalized spacial score (nSPS) is 15.7. The molecule has 1 aromatic rings. The first-order valence-electron chi connectivity index (χ1n) is 5.92. The second kappa shape index (κ2) is 6.71. The van der Waals surface area contributed by atoms with Crippen LogP contribution in [0.4, 0.5) is 4.39 Å². The second-order valence-corrected chi connectivity index (χ2v) is 4.57. The van der Waals surface area contributed by atoms with E-state index >= 15 is 0 Å². The fraction of sp³-hybridized carbons (Fsp3) is 0.462. The van der Waals surface area contributed by atoms with Gasteiger partial charge in [-0.05, 0) is 30.4 Å². The zero-order valence-electron chi connectivity index (χ0n) is 10.1. The van der Waals surface area contributed by atoms with Gasteiger partial charge in [0.25, 0.3) is 0 Å². The number of rotatable bonds is 5. The Morgan fingerprint density at radius 2 is 2.11 bits per heavy atom. The molecule has 1 aliphatic rings. The Balaban J connectivity index is 0.00000162. The highest BCUT2D eigenvalue weighted by atomic mass is 35.5. The molecule has 1 amide bonds. The molecule has 3 N–H and O–H groups in total. The Hall–Kier alpha value is -1.13. The molecule has 1 atom stereocenters. The lowest BCUT2D eigenvalue weighted by molar-refractivity contribution is -0.120. The van der Waals surface area contributed by atoms with Gasteiger partial charge in [0.2, 0.25) is 5.91 Å². The van der Waals surface area contributed by atoms with Crippen LogP contribution >= 0.6 is 12.4 Å². The molecular weight excluding hydrogens is 255 g/mol. The lowest BCUT2D eigenvalue weighted by atomic mass is 10.1. The van der Waals surface area contributed by atoms with Gasteiger partial charge in [-0.3, -0.25) is 4.79 Å². The molecule has 0 saturated heterocycles. The van der Waals surface area contributed by atoms with Crippen molar-refractivity contribution < 1.29 is 9.18 Å². The number of nitrogens with one attached hydrogen (secondary N) is 1. The van der Waals surface area contributed by atoms with Crippen molar-refractivity contribution in [3.63, 3.8) is 0 Å². The van der Waals surface area contributed by atoms with Crippen molar-refractivity contribution in [2.24, 2.45) is 11.7 Å². The van der Waals surface area contributed by atoms with Gasteiger partial charge >= 0.3 is 0 Å². The number of benzene rings is 1. The van der Waals surface area contributed by atoms with Gasteiger partial charge in [0.05, 0.1) is 6.42 Å². The summed E-state index contributed by atoms with van der Waals surface area (Å²) in [6, 6.07) is 6.36. The fourth-order valence-electron chi connectivity index (χ4n) is 1.80. The smallest absolute Gasteiger partial charge is 0.224 e. The molecular formula is C13H18ClFN2O. The average Bonchev–Trinajstić information content (AvgIpc) is 3.13. The second-order valence-electron chi connectivity index (χ2n) is 4.57. The van der Waals surface area contributed by atoms with Gasteiger partial charge in [-0.25, -0.2) is 4.39 Å². The van der Waals surface area contributed by atoms with Crippen molar-refractivity contribution in [1.82, 2.24) is 5.32 Å². The number of carbonyl (C=O) groups is 1. The van der Waals surface area contributed by atoms with E-state index in [1.54, 1.807) is 18.2 Å². The van der Waals surface area contributed by atoms with Crippen LogP contribution in [0.3, 0.4) is 0 Å². The minimum Gasteiger partial charge on any atom is -0.354 e. The first-order valence-corrected chi connectivity index (χ1v) is 5.92. The summed E-state index contributed by atoms with van der Waals surface area (Å²) in [5.41, 5.74) is 6.28. The van der Waals surface area contributed by atoms with Gasteiger partial charge in [-0.1, -0.05) is 18.2 Å². The quantitative estimate of drug-likeness (QED) is 0.856. The molecule has 1 aromatic carbocycles. The monoisotopic (exact) mass is 272 g/mol. The summed E-state index contributed by atoms with van der Waals surface area (Å²) >= 11 is 0. The molecule has 0 aliphatic heterocycles. The van der Waals surface area contributed by atoms with Gasteiger partial charge < -0.3 is 11.1 Å². The summed E-state index contributed by atoms with van der Waals surface area (Å²) in [5, 5.41) is 2.75. The maximum atomic E-state index is 13.3. The lowest BCUT2D eigenvalue weighted by Gasteiger charge is -2.11. The first-order chi connectivity index (χ1) is 8.16. The predicted molar refractivity (Wildman–Crippen MR) is 71.1 cm³/mol. The van der Waals surface area contributed by atoms with Crippen molar-refractivity contribution in [3.05, 3.63) is 35.6 Å². The molecule has 3 nitrogen and oxygen atoms in total. The minimum atomic E-state index is -0.339. The standard InChI is InChI=1S/C13H17FN2O.ClH/c14-11-4-2-1-3-10(11)7-13(17)16-8-12(15)9-5-6-9;/h1-4,9,12H,5-8,15H2,(H,16,17);1H. The van der Waals surface area contributed by atoms with Crippen molar-refractivity contribution in [3.8, 4) is 0 Å². The SMILES string of the molecule is Cl.NC(CNC(=O)Cc1ccccc1F)C1CC1. The minimum absolute atomic E-state index is 0. The van der Waals surface area contributed by atoms with Crippen LogP contribution in [-0.2, 0) is 11.2 Å². The number of amides is 1. The van der Waals surface area contributed by atoms with Crippen LogP contribution in [0.5, 0.6) is 0 Å². The number of halogens is 2. The molecule has 0 bridgehead atoms. The molecule has 0 heterocycles. The average molecular weight is 273 g/mol. The van der Waals surface area contributed by atoms with E-state index in [4.69, 9.17) is 5.73 Å². The molecule has 0 aromatic heterocycles. The third-order valence-corrected chi connectivity index (χ3v) is 3.07. The summed E-state index contributed by atoms with van der Waals surface area (Å²) < 4.78 is 13.3. The highest BCUT2D eigenvalue weighted by Crippen LogP contribution is 2.31. The molecule has 0 spiro atoms. The van der Waals surface area contributed by atoms with Gasteiger partial charge in [0, 0.05) is 12.6 Å². The van der Waals surface area contributed by atoms with E-state index in [0.717, 1.165) is 12.8 Å². The highest BCUT2D eigenvalue weighted by molar-refractivity contribution is 5.85. The number of carbonyl (C=O) groups excluding carboxylic acids is 1. The molecule has 1 saturated carbocycles. The number of hydrogen-bond donors (Lipinski definition) is 2. The molecule has 0 radical (unpaired) electrons. The zero-order chi connectivity index (χ0) is 12.3. The van der Waals surface area contributed by atoms with Crippen LogP contribution in [0.2, 0.25) is 0 Å². The Morgan fingerprint density at radius 1 is 1.44 bits per heavy atom. The van der Waals surface area contributed by atoms with E-state index in [2.05, 4.69) is 5.32 Å². The Kier molecular flexibility index (Phi) is 5.56. The highest BCUT2D eigenvalue weighted by Gasteiger charge is 2.28. The largest absolute Gasteiger partial charge is 0.354 e. The zero-order valence-corrected chi connectivity index (χ0v) is 10.9. The van der Waals surface area contributed by atoms with Gasteiger partial charge in [-0.2, -0.15) is 0 Å². The van der Waals surface area contributed by atoms with Crippen molar-refractivity contribution in [2.45, 2.75) is 25.3 Å². The molecule has 5 heteroatoms. The third-order valence-electron chi connectivity index (χ3n) is 3.07. The molecule has 2 rings (SSSR count). The van der Waals surface area contributed by atoms with Crippen molar-refractivity contribution in [2.75, 3.05) is 6.54 Å². The summed E-state index contributed by atoms with van der Waals surface area (Å²) in [7, 11) is 0. The summed E-state index contributed by atoms with van der Waals surface area (Å²) in [5.74, 6) is 0.0455. The summed E-state index contributed by atoms with van der Waals surface area (Å²) in [6.07, 6.45) is 2.39. The third kappa shape index (κ3) is 4.27. The van der Waals surface area contributed by atoms with Gasteiger partial charge in [-0.15, -0.1) is 12.4 Å². The van der Waals surface area contributed by atoms with Crippen LogP contribution in [0.1, 0.15) is 18.4 Å². The van der Waals surface area contributed by atoms with E-state index < -0.39 is 0 Å². The van der Waals surface area contributed by atoms with Gasteiger partial charge in [0.1, 0.15) is 5.82 Å². The molecule has 100 valence electrons. The predicted octanol–water partition coefficient (Wildman–Crippen LogP) is 1.64. The van der Waals surface area contributed by atoms with E-state index in [1.807, 2.05) is 0 Å². The number of hydrogen-bond acceptors (Lipinski definition) is 2.